The molecule has 7 heteroatoms. The van der Waals surface area contributed by atoms with Crippen LogP contribution in [0.25, 0.3) is 21.2 Å². The van der Waals surface area contributed by atoms with Gasteiger partial charge in [-0.3, -0.25) is 9.69 Å². The molecule has 1 aliphatic heterocycles. The van der Waals surface area contributed by atoms with Gasteiger partial charge in [-0.2, -0.15) is 0 Å². The number of quaternary nitrogens is 1. The lowest BCUT2D eigenvalue weighted by Gasteiger charge is -2.25. The Morgan fingerprint density at radius 3 is 2.73 bits per heavy atom. The fourth-order valence-electron chi connectivity index (χ4n) is 3.88. The molecule has 4 aromatic rings. The number of aromatic nitrogens is 1. The second-order valence-corrected chi connectivity index (χ2v) is 8.54. The summed E-state index contributed by atoms with van der Waals surface area (Å²) in [5.41, 5.74) is 1.64. The fourth-order valence-corrected chi connectivity index (χ4v) is 4.87. The molecule has 0 unspecified atom stereocenters. The first kappa shape index (κ1) is 19.2. The monoisotopic (exact) mass is 422 g/mol. The number of hydrogen-bond acceptors (Lipinski definition) is 5. The van der Waals surface area contributed by atoms with E-state index >= 15 is 0 Å². The first-order chi connectivity index (χ1) is 14.8. The Labute approximate surface area is 178 Å². The zero-order valence-electron chi connectivity index (χ0n) is 16.7. The second-order valence-electron chi connectivity index (χ2n) is 7.54. The Hall–Kier alpha value is -2.74. The molecule has 154 valence electrons. The Morgan fingerprint density at radius 2 is 1.90 bits per heavy atom. The molecule has 0 spiro atoms. The van der Waals surface area contributed by atoms with Crippen LogP contribution in [-0.2, 0) is 4.74 Å². The van der Waals surface area contributed by atoms with Gasteiger partial charge in [-0.15, -0.1) is 0 Å². The maximum atomic E-state index is 13.4. The van der Waals surface area contributed by atoms with Crippen LogP contribution in [0.2, 0.25) is 0 Å². The lowest BCUT2D eigenvalue weighted by atomic mass is 10.2. The normalized spacial score (nSPS) is 15.1. The van der Waals surface area contributed by atoms with Gasteiger partial charge in [0.15, 0.2) is 10.9 Å². The summed E-state index contributed by atoms with van der Waals surface area (Å²) >= 11 is 1.55. The Morgan fingerprint density at radius 1 is 1.10 bits per heavy atom. The third-order valence-electron chi connectivity index (χ3n) is 5.51. The van der Waals surface area contributed by atoms with Crippen molar-refractivity contribution in [3.63, 3.8) is 0 Å². The third-order valence-corrected chi connectivity index (χ3v) is 6.57. The molecular formula is C23H24N3O3S+. The number of nitrogens with one attached hydrogen (secondary N) is 1. The van der Waals surface area contributed by atoms with Crippen LogP contribution in [0.3, 0.4) is 0 Å². The van der Waals surface area contributed by atoms with Gasteiger partial charge in [0.1, 0.15) is 18.7 Å². The van der Waals surface area contributed by atoms with Crippen molar-refractivity contribution in [3.8, 4) is 0 Å². The molecule has 5 rings (SSSR count). The van der Waals surface area contributed by atoms with Gasteiger partial charge in [-0.25, -0.2) is 4.98 Å². The smallest absolute Gasteiger partial charge is 0.295 e. The first-order valence-electron chi connectivity index (χ1n) is 10.4. The highest BCUT2D eigenvalue weighted by Crippen LogP contribution is 2.30. The van der Waals surface area contributed by atoms with E-state index in [-0.39, 0.29) is 5.91 Å². The number of furan rings is 1. The van der Waals surface area contributed by atoms with Gasteiger partial charge in [0.05, 0.1) is 30.0 Å². The molecule has 0 aliphatic carbocycles. The number of carbonyl (C=O) groups is 1. The van der Waals surface area contributed by atoms with E-state index < -0.39 is 0 Å². The summed E-state index contributed by atoms with van der Waals surface area (Å²) < 4.78 is 12.4. The maximum absolute atomic E-state index is 13.4. The second kappa shape index (κ2) is 8.55. The number of nitrogens with zero attached hydrogens (tertiary/aromatic N) is 2. The highest BCUT2D eigenvalue weighted by molar-refractivity contribution is 7.22. The van der Waals surface area contributed by atoms with Crippen molar-refractivity contribution in [1.29, 1.82) is 0 Å². The Balaban J connectivity index is 1.41. The SMILES string of the molecule is O=C(c1cc2ccccc2o1)N(CCC[NH+]1CCOCC1)c1nc2ccccc2s1. The predicted octanol–water partition coefficient (Wildman–Crippen LogP) is 2.99. The van der Waals surface area contributed by atoms with Crippen LogP contribution in [0.4, 0.5) is 5.13 Å². The number of hydrogen-bond donors (Lipinski definition) is 1. The van der Waals surface area contributed by atoms with Crippen molar-refractivity contribution in [2.75, 3.05) is 44.3 Å². The van der Waals surface area contributed by atoms with Gasteiger partial charge in [0.2, 0.25) is 0 Å². The zero-order valence-corrected chi connectivity index (χ0v) is 17.5. The molecule has 0 radical (unpaired) electrons. The van der Waals surface area contributed by atoms with Gasteiger partial charge in [-0.05, 0) is 24.3 Å². The number of thiazole rings is 1. The number of amides is 1. The van der Waals surface area contributed by atoms with E-state index in [1.807, 2.05) is 54.6 Å². The summed E-state index contributed by atoms with van der Waals surface area (Å²) in [5, 5.41) is 1.65. The average molecular weight is 423 g/mol. The number of carbonyl (C=O) groups excluding carboxylic acids is 1. The summed E-state index contributed by atoms with van der Waals surface area (Å²) in [7, 11) is 0. The highest BCUT2D eigenvalue weighted by atomic mass is 32.1. The quantitative estimate of drug-likeness (QED) is 0.519. The fraction of sp³-hybridized carbons (Fsp3) is 0.304. The molecule has 0 saturated carbocycles. The minimum absolute atomic E-state index is 0.137. The predicted molar refractivity (Wildman–Crippen MR) is 119 cm³/mol. The molecule has 1 aliphatic rings. The van der Waals surface area contributed by atoms with Gasteiger partial charge < -0.3 is 14.1 Å². The molecule has 0 bridgehead atoms. The summed E-state index contributed by atoms with van der Waals surface area (Å²) in [5.74, 6) is 0.219. The molecule has 3 heterocycles. The summed E-state index contributed by atoms with van der Waals surface area (Å²) in [4.78, 5) is 21.5. The van der Waals surface area contributed by atoms with E-state index in [0.717, 1.165) is 65.6 Å². The molecule has 1 fully saturated rings. The molecule has 1 amide bonds. The lowest BCUT2D eigenvalue weighted by Crippen LogP contribution is -3.14. The molecule has 1 N–H and O–H groups in total. The number of fused-ring (bicyclic) bond motifs is 2. The largest absolute Gasteiger partial charge is 0.451 e. The number of anilines is 1. The molecule has 0 atom stereocenters. The number of rotatable bonds is 6. The van der Waals surface area contributed by atoms with E-state index in [1.165, 1.54) is 4.90 Å². The molecule has 6 nitrogen and oxygen atoms in total. The van der Waals surface area contributed by atoms with Crippen LogP contribution in [-0.4, -0.2) is 50.3 Å². The van der Waals surface area contributed by atoms with Gasteiger partial charge in [-0.1, -0.05) is 41.7 Å². The first-order valence-corrected chi connectivity index (χ1v) is 11.2. The summed E-state index contributed by atoms with van der Waals surface area (Å²) in [6.45, 7) is 5.30. The standard InChI is InChI=1S/C23H23N3O3S/c27-22(20-16-17-6-1-3-8-19(17)29-20)26(11-5-10-25-12-14-28-15-13-25)23-24-18-7-2-4-9-21(18)30-23/h1-4,6-9,16H,5,10-15H2/p+1. The third kappa shape index (κ3) is 3.96. The van der Waals surface area contributed by atoms with Gasteiger partial charge >= 0.3 is 0 Å². The maximum Gasteiger partial charge on any atom is 0.295 e. The number of benzene rings is 2. The Bertz CT molecular complexity index is 1100. The molecule has 2 aromatic carbocycles. The topological polar surface area (TPSA) is 60.0 Å². The van der Waals surface area contributed by atoms with E-state index in [0.29, 0.717) is 12.3 Å². The van der Waals surface area contributed by atoms with E-state index in [1.54, 1.807) is 16.2 Å². The lowest BCUT2D eigenvalue weighted by molar-refractivity contribution is -0.908. The average Bonchev–Trinajstić information content (AvgIpc) is 3.41. The number of para-hydroxylation sites is 2. The summed E-state index contributed by atoms with van der Waals surface area (Å²) in [6, 6.07) is 17.5. The summed E-state index contributed by atoms with van der Waals surface area (Å²) in [6.07, 6.45) is 0.900. The zero-order chi connectivity index (χ0) is 20.3. The molecular weight excluding hydrogens is 398 g/mol. The van der Waals surface area contributed by atoms with Gasteiger partial charge in [0.25, 0.3) is 5.91 Å². The van der Waals surface area contributed by atoms with Crippen molar-refractivity contribution >= 4 is 43.6 Å². The molecule has 30 heavy (non-hydrogen) atoms. The minimum atomic E-state index is -0.137. The minimum Gasteiger partial charge on any atom is -0.451 e. The van der Waals surface area contributed by atoms with Crippen LogP contribution in [0.15, 0.2) is 59.0 Å². The highest BCUT2D eigenvalue weighted by Gasteiger charge is 2.25. The molecule has 1 saturated heterocycles. The van der Waals surface area contributed by atoms with Crippen molar-refractivity contribution in [3.05, 3.63) is 60.4 Å². The van der Waals surface area contributed by atoms with Crippen molar-refractivity contribution in [2.24, 2.45) is 0 Å². The van der Waals surface area contributed by atoms with Crippen LogP contribution >= 0.6 is 11.3 Å². The van der Waals surface area contributed by atoms with E-state index in [4.69, 9.17) is 14.1 Å². The molecule has 2 aromatic heterocycles. The number of ether oxygens (including phenoxy) is 1. The van der Waals surface area contributed by atoms with Crippen LogP contribution in [0, 0.1) is 0 Å². The van der Waals surface area contributed by atoms with Crippen LogP contribution < -0.4 is 9.80 Å². The van der Waals surface area contributed by atoms with E-state index in [9.17, 15) is 4.79 Å². The number of morpholine rings is 1. The van der Waals surface area contributed by atoms with Crippen molar-refractivity contribution in [1.82, 2.24) is 4.98 Å². The Kier molecular flexibility index (Phi) is 5.48. The van der Waals surface area contributed by atoms with Crippen LogP contribution in [0.5, 0.6) is 0 Å². The van der Waals surface area contributed by atoms with E-state index in [2.05, 4.69) is 0 Å². The van der Waals surface area contributed by atoms with Crippen LogP contribution in [0.1, 0.15) is 17.0 Å². The van der Waals surface area contributed by atoms with Gasteiger partial charge in [0, 0.05) is 18.4 Å². The van der Waals surface area contributed by atoms with Crippen molar-refractivity contribution in [2.45, 2.75) is 6.42 Å². The van der Waals surface area contributed by atoms with Crippen molar-refractivity contribution < 1.29 is 18.8 Å².